The van der Waals surface area contributed by atoms with Crippen molar-refractivity contribution < 1.29 is 51.4 Å². The van der Waals surface area contributed by atoms with Gasteiger partial charge in [0.15, 0.2) is 0 Å². The van der Waals surface area contributed by atoms with E-state index in [1.165, 1.54) is 4.90 Å². The summed E-state index contributed by atoms with van der Waals surface area (Å²) in [5.74, 6) is -0.176. The van der Waals surface area contributed by atoms with Gasteiger partial charge in [0.2, 0.25) is 17.7 Å². The molecule has 0 rings (SSSR count). The van der Waals surface area contributed by atoms with Gasteiger partial charge in [-0.05, 0) is 83.0 Å². The van der Waals surface area contributed by atoms with Crippen molar-refractivity contribution in [2.24, 2.45) is 10.8 Å². The molecule has 55 heavy (non-hydrogen) atoms. The summed E-state index contributed by atoms with van der Waals surface area (Å²) in [5, 5.41) is 5.89. The van der Waals surface area contributed by atoms with E-state index in [2.05, 4.69) is 52.2 Å². The van der Waals surface area contributed by atoms with Crippen molar-refractivity contribution in [1.82, 2.24) is 15.5 Å². The number of phosphoric acid groups is 2. The molecule has 0 bridgehead atoms. The molecule has 0 saturated heterocycles. The Morgan fingerprint density at radius 3 is 1.55 bits per heavy atom. The molecule has 4 N–H and O–H groups in total. The highest BCUT2D eigenvalue weighted by molar-refractivity contribution is 7.47. The number of rotatable bonds is 33. The minimum Gasteiger partial charge on any atom is -0.356 e. The number of carbonyl (C=O) groups excluding carboxylic acids is 3. The fourth-order valence-corrected chi connectivity index (χ4v) is 7.24. The molecular weight excluding hydrogens is 748 g/mol. The van der Waals surface area contributed by atoms with Crippen molar-refractivity contribution in [2.75, 3.05) is 46.0 Å². The molecule has 3 amide bonds. The second-order valence-corrected chi connectivity index (χ2v) is 20.3. The van der Waals surface area contributed by atoms with E-state index in [1.54, 1.807) is 20.8 Å². The van der Waals surface area contributed by atoms with Gasteiger partial charge in [0.25, 0.3) is 0 Å². The van der Waals surface area contributed by atoms with Crippen molar-refractivity contribution in [3.05, 3.63) is 0 Å². The maximum absolute atomic E-state index is 13.1. The number of hydrogen-bond donors (Lipinski definition) is 4. The van der Waals surface area contributed by atoms with Gasteiger partial charge in [-0.25, -0.2) is 9.13 Å². The first-order chi connectivity index (χ1) is 25.5. The van der Waals surface area contributed by atoms with Gasteiger partial charge in [-0.15, -0.1) is 0 Å². The Hall–Kier alpha value is -1.37. The van der Waals surface area contributed by atoms with E-state index < -0.39 is 21.2 Å². The van der Waals surface area contributed by atoms with Gasteiger partial charge in [0, 0.05) is 45.4 Å². The molecule has 0 aromatic rings. The maximum atomic E-state index is 13.1. The first-order valence-electron chi connectivity index (χ1n) is 20.6. The van der Waals surface area contributed by atoms with E-state index in [0.717, 1.165) is 64.2 Å². The zero-order valence-corrected chi connectivity index (χ0v) is 37.7. The van der Waals surface area contributed by atoms with Crippen LogP contribution in [-0.2, 0) is 41.6 Å². The summed E-state index contributed by atoms with van der Waals surface area (Å²) >= 11 is 0. The lowest BCUT2D eigenvalue weighted by atomic mass is 9.84. The van der Waals surface area contributed by atoms with Crippen molar-refractivity contribution in [3.8, 4) is 0 Å². The molecule has 0 aromatic carbocycles. The van der Waals surface area contributed by atoms with Crippen LogP contribution in [0.3, 0.4) is 0 Å². The lowest BCUT2D eigenvalue weighted by molar-refractivity contribution is -0.132. The smallest absolute Gasteiger partial charge is 0.356 e. The number of amides is 3. The third-order valence-corrected chi connectivity index (χ3v) is 11.4. The fraction of sp³-hybridized carbons (Fsp3) is 0.923. The van der Waals surface area contributed by atoms with Crippen LogP contribution in [0.4, 0.5) is 0 Å². The van der Waals surface area contributed by atoms with Crippen LogP contribution in [0.1, 0.15) is 171 Å². The van der Waals surface area contributed by atoms with Gasteiger partial charge >= 0.3 is 15.6 Å². The minimum absolute atomic E-state index is 0.0158. The van der Waals surface area contributed by atoms with Crippen LogP contribution >= 0.6 is 15.6 Å². The minimum atomic E-state index is -4.38. The lowest BCUT2D eigenvalue weighted by Crippen LogP contribution is -2.36. The molecule has 0 saturated carbocycles. The molecule has 0 radical (unpaired) electrons. The Morgan fingerprint density at radius 1 is 0.582 bits per heavy atom. The van der Waals surface area contributed by atoms with Gasteiger partial charge in [0.05, 0.1) is 25.4 Å². The monoisotopic (exact) mass is 828 g/mol. The topological polar surface area (TPSA) is 190 Å². The summed E-state index contributed by atoms with van der Waals surface area (Å²) < 4.78 is 45.2. The van der Waals surface area contributed by atoms with E-state index in [1.807, 2.05) is 0 Å². The second kappa shape index (κ2) is 28.1. The number of nitrogens with zero attached hydrogens (tertiary/aromatic N) is 1. The number of unbranched alkanes of at least 4 members (excludes halogenated alkanes) is 7. The molecule has 0 aliphatic heterocycles. The average molecular weight is 828 g/mol. The third-order valence-electron chi connectivity index (χ3n) is 9.06. The Bertz CT molecular complexity index is 1170. The number of phosphoric ester groups is 2. The standard InChI is InChI=1S/C39H79N3O11P2/c1-10-39(8,9)26-18-16-23-35(44)40-27-19-11-12-21-31-50-54(46,47)51-32-29-42(30-33-52-55(48,49)53-38(5,6)7)36(45)24-14-13-20-28-41-34(43)22-15-17-25-37(2,3)4/h10-33H2,1-9H3,(H,40,44)(H,41,43)(H,46,47)(H,48,49). The average Bonchev–Trinajstić information content (AvgIpc) is 3.05. The SMILES string of the molecule is CCC(C)(C)CCCCC(=O)NCCCCCCOP(=O)(O)OCCN(CCOP(=O)(O)OC(C)(C)C)C(=O)CCCCCNC(=O)CCCCC(C)(C)C. The molecule has 16 heteroatoms. The quantitative estimate of drug-likeness (QED) is 0.0365. The summed E-state index contributed by atoms with van der Waals surface area (Å²) in [6, 6.07) is 0. The molecule has 2 atom stereocenters. The maximum Gasteiger partial charge on any atom is 0.472 e. The fourth-order valence-electron chi connectivity index (χ4n) is 5.44. The van der Waals surface area contributed by atoms with Crippen LogP contribution in [-0.4, -0.2) is 84.0 Å². The summed E-state index contributed by atoms with van der Waals surface area (Å²) in [5.41, 5.74) is -0.346. The Labute approximate surface area is 333 Å². The van der Waals surface area contributed by atoms with E-state index in [9.17, 15) is 33.3 Å². The van der Waals surface area contributed by atoms with Crippen molar-refractivity contribution >= 4 is 33.4 Å². The predicted molar refractivity (Wildman–Crippen MR) is 218 cm³/mol. The molecule has 14 nitrogen and oxygen atoms in total. The molecule has 0 aliphatic carbocycles. The first-order valence-corrected chi connectivity index (χ1v) is 23.6. The van der Waals surface area contributed by atoms with E-state index in [0.29, 0.717) is 57.0 Å². The highest BCUT2D eigenvalue weighted by Crippen LogP contribution is 2.47. The molecule has 0 fully saturated rings. The Balaban J connectivity index is 4.56. The predicted octanol–water partition coefficient (Wildman–Crippen LogP) is 8.84. The normalized spacial score (nSPS) is 14.6. The summed E-state index contributed by atoms with van der Waals surface area (Å²) in [7, 11) is -8.76. The van der Waals surface area contributed by atoms with Crippen LogP contribution in [0.25, 0.3) is 0 Å². The highest BCUT2D eigenvalue weighted by Gasteiger charge is 2.29. The zero-order valence-electron chi connectivity index (χ0n) is 35.9. The zero-order chi connectivity index (χ0) is 42.0. The number of hydrogen-bond acceptors (Lipinski definition) is 9. The summed E-state index contributed by atoms with van der Waals surface area (Å²) in [4.78, 5) is 58.8. The lowest BCUT2D eigenvalue weighted by Gasteiger charge is -2.25. The van der Waals surface area contributed by atoms with Crippen molar-refractivity contribution in [2.45, 2.75) is 177 Å². The van der Waals surface area contributed by atoms with E-state index >= 15 is 0 Å². The van der Waals surface area contributed by atoms with Crippen molar-refractivity contribution in [3.63, 3.8) is 0 Å². The molecule has 0 spiro atoms. The molecule has 0 aromatic heterocycles. The molecule has 326 valence electrons. The van der Waals surface area contributed by atoms with Crippen LogP contribution in [0, 0.1) is 10.8 Å². The third kappa shape index (κ3) is 34.4. The summed E-state index contributed by atoms with van der Waals surface area (Å²) in [6.45, 7) is 18.5. The first kappa shape index (κ1) is 53.6. The van der Waals surface area contributed by atoms with Crippen LogP contribution < -0.4 is 10.6 Å². The molecule has 0 aliphatic rings. The molecule has 2 unspecified atom stereocenters. The largest absolute Gasteiger partial charge is 0.472 e. The molecule has 0 heterocycles. The van der Waals surface area contributed by atoms with Crippen LogP contribution in [0.2, 0.25) is 0 Å². The van der Waals surface area contributed by atoms with E-state index in [4.69, 9.17) is 18.1 Å². The highest BCUT2D eigenvalue weighted by atomic mass is 31.2. The van der Waals surface area contributed by atoms with Gasteiger partial charge in [0.1, 0.15) is 0 Å². The summed E-state index contributed by atoms with van der Waals surface area (Å²) in [6.07, 6.45) is 13.2. The van der Waals surface area contributed by atoms with Crippen molar-refractivity contribution in [1.29, 1.82) is 0 Å². The van der Waals surface area contributed by atoms with Gasteiger partial charge in [-0.1, -0.05) is 80.1 Å². The van der Waals surface area contributed by atoms with E-state index in [-0.39, 0.29) is 62.5 Å². The van der Waals surface area contributed by atoms with Crippen LogP contribution in [0.5, 0.6) is 0 Å². The van der Waals surface area contributed by atoms with Gasteiger partial charge in [-0.2, -0.15) is 0 Å². The van der Waals surface area contributed by atoms with Gasteiger partial charge in [-0.3, -0.25) is 32.5 Å². The van der Waals surface area contributed by atoms with Crippen LogP contribution in [0.15, 0.2) is 0 Å². The number of nitrogens with one attached hydrogen (secondary N) is 2. The molecular formula is C39H79N3O11P2. The Kier molecular flexibility index (Phi) is 27.4. The Morgan fingerprint density at radius 2 is 1.04 bits per heavy atom. The van der Waals surface area contributed by atoms with Gasteiger partial charge < -0.3 is 25.3 Å². The number of carbonyl (C=O) groups is 3. The second-order valence-electron chi connectivity index (χ2n) is 17.4.